The van der Waals surface area contributed by atoms with Crippen LogP contribution in [0.15, 0.2) is 30.9 Å². The van der Waals surface area contributed by atoms with Crippen LogP contribution in [0.4, 0.5) is 18.9 Å². The molecule has 1 aromatic rings. The van der Waals surface area contributed by atoms with Crippen molar-refractivity contribution in [2.45, 2.75) is 31.7 Å². The Morgan fingerprint density at radius 2 is 2.09 bits per heavy atom. The van der Waals surface area contributed by atoms with E-state index in [-0.39, 0.29) is 23.7 Å². The van der Waals surface area contributed by atoms with Gasteiger partial charge < -0.3 is 15.4 Å². The lowest BCUT2D eigenvalue weighted by Gasteiger charge is -2.38. The Morgan fingerprint density at radius 3 is 2.64 bits per heavy atom. The summed E-state index contributed by atoms with van der Waals surface area (Å²) in [4.78, 5) is 13.7. The van der Waals surface area contributed by atoms with E-state index in [0.717, 1.165) is 0 Å². The number of hydrogen-bond acceptors (Lipinski definition) is 3. The molecule has 1 aliphatic rings. The maximum absolute atomic E-state index is 12.8. The Kier molecular flexibility index (Phi) is 3.95. The molecule has 1 atom stereocenters. The molecule has 1 amide bonds. The highest BCUT2D eigenvalue weighted by Crippen LogP contribution is 2.41. The minimum atomic E-state index is -4.56. The van der Waals surface area contributed by atoms with Crippen molar-refractivity contribution < 1.29 is 22.7 Å². The van der Waals surface area contributed by atoms with Gasteiger partial charge in [0, 0.05) is 6.54 Å². The van der Waals surface area contributed by atoms with Crippen LogP contribution in [0.3, 0.4) is 0 Å². The van der Waals surface area contributed by atoms with Crippen LogP contribution < -0.4 is 15.4 Å². The number of ether oxygens (including phenoxy) is 1. The molecule has 1 aliphatic heterocycles. The lowest BCUT2D eigenvalue weighted by atomic mass is 10.0. The number of alkyl halides is 3. The number of benzene rings is 1. The van der Waals surface area contributed by atoms with Crippen LogP contribution in [0.2, 0.25) is 0 Å². The molecule has 2 N–H and O–H groups in total. The van der Waals surface area contributed by atoms with Gasteiger partial charge >= 0.3 is 6.18 Å². The lowest BCUT2D eigenvalue weighted by molar-refractivity contribution is -0.149. The molecular formula is C15H17F3N2O2. The minimum Gasteiger partial charge on any atom is -0.476 e. The Bertz CT molecular complexity index is 611. The Hall–Kier alpha value is -2.02. The van der Waals surface area contributed by atoms with Crippen molar-refractivity contribution in [3.63, 3.8) is 0 Å². The molecule has 0 spiro atoms. The molecule has 1 heterocycles. The molecule has 4 nitrogen and oxygen atoms in total. The maximum Gasteiger partial charge on any atom is 0.407 e. The van der Waals surface area contributed by atoms with Gasteiger partial charge in [0.15, 0.2) is 5.60 Å². The molecule has 22 heavy (non-hydrogen) atoms. The molecule has 2 rings (SSSR count). The van der Waals surface area contributed by atoms with Crippen LogP contribution in [0, 0.1) is 0 Å². The molecule has 7 heteroatoms. The van der Waals surface area contributed by atoms with Gasteiger partial charge in [-0.05, 0) is 31.5 Å². The van der Waals surface area contributed by atoms with Gasteiger partial charge in [-0.15, -0.1) is 6.58 Å². The van der Waals surface area contributed by atoms with E-state index in [1.807, 2.05) is 0 Å². The van der Waals surface area contributed by atoms with Crippen molar-refractivity contribution in [3.8, 4) is 5.75 Å². The number of halogens is 3. The monoisotopic (exact) mass is 314 g/mol. The van der Waals surface area contributed by atoms with Gasteiger partial charge in [0.2, 0.25) is 0 Å². The first kappa shape index (κ1) is 16.4. The van der Waals surface area contributed by atoms with E-state index >= 15 is 0 Å². The van der Waals surface area contributed by atoms with E-state index in [2.05, 4.69) is 6.58 Å². The average molecular weight is 314 g/mol. The number of nitrogens with two attached hydrogens (primary N) is 1. The van der Waals surface area contributed by atoms with Gasteiger partial charge in [0.25, 0.3) is 5.91 Å². The molecule has 1 aromatic carbocycles. The van der Waals surface area contributed by atoms with Crippen LogP contribution >= 0.6 is 0 Å². The number of fused-ring (bicyclic) bond motifs is 1. The first-order valence-electron chi connectivity index (χ1n) is 6.66. The summed E-state index contributed by atoms with van der Waals surface area (Å²) in [5.74, 6) is -0.0118. The molecule has 0 radical (unpaired) electrons. The number of hydrogen-bond donors (Lipinski definition) is 1. The number of amides is 1. The fraction of sp³-hybridized carbons (Fsp3) is 0.400. The zero-order valence-corrected chi connectivity index (χ0v) is 12.3. The van der Waals surface area contributed by atoms with Gasteiger partial charge in [-0.1, -0.05) is 12.1 Å². The SMILES string of the molecule is C=CCN1C(=O)C(C)(C)Oc2ccc(C(N)C(F)(F)F)cc21. The van der Waals surface area contributed by atoms with Gasteiger partial charge in [0.05, 0.1) is 5.69 Å². The summed E-state index contributed by atoms with van der Waals surface area (Å²) in [5, 5.41) is 0. The van der Waals surface area contributed by atoms with E-state index in [0.29, 0.717) is 5.75 Å². The average Bonchev–Trinajstić information content (AvgIpc) is 2.41. The highest BCUT2D eigenvalue weighted by atomic mass is 19.4. The lowest BCUT2D eigenvalue weighted by Crippen LogP contribution is -2.52. The van der Waals surface area contributed by atoms with Gasteiger partial charge in [-0.25, -0.2) is 0 Å². The van der Waals surface area contributed by atoms with Crippen molar-refractivity contribution in [1.82, 2.24) is 0 Å². The molecule has 0 saturated heterocycles. The van der Waals surface area contributed by atoms with Crippen molar-refractivity contribution in [2.24, 2.45) is 5.73 Å². The van der Waals surface area contributed by atoms with Gasteiger partial charge in [0.1, 0.15) is 11.8 Å². The number of nitrogens with zero attached hydrogens (tertiary/aromatic N) is 1. The summed E-state index contributed by atoms with van der Waals surface area (Å²) in [5.41, 5.74) is 4.27. The largest absolute Gasteiger partial charge is 0.476 e. The zero-order valence-electron chi connectivity index (χ0n) is 12.3. The quantitative estimate of drug-likeness (QED) is 0.873. The Balaban J connectivity index is 2.51. The predicted molar refractivity (Wildman–Crippen MR) is 76.7 cm³/mol. The summed E-state index contributed by atoms with van der Waals surface area (Å²) < 4.78 is 43.9. The summed E-state index contributed by atoms with van der Waals surface area (Å²) in [6, 6.07) is 1.79. The molecule has 0 aliphatic carbocycles. The van der Waals surface area contributed by atoms with E-state index in [1.54, 1.807) is 13.8 Å². The second-order valence-electron chi connectivity index (χ2n) is 5.56. The highest BCUT2D eigenvalue weighted by molar-refractivity contribution is 6.02. The molecule has 0 saturated carbocycles. The highest BCUT2D eigenvalue weighted by Gasteiger charge is 2.42. The summed E-state index contributed by atoms with van der Waals surface area (Å²) >= 11 is 0. The van der Waals surface area contributed by atoms with Crippen LogP contribution in [-0.4, -0.2) is 24.2 Å². The predicted octanol–water partition coefficient (Wildman–Crippen LogP) is 2.94. The zero-order chi connectivity index (χ0) is 16.7. The third-order valence-electron chi connectivity index (χ3n) is 3.42. The van der Waals surface area contributed by atoms with Gasteiger partial charge in [-0.3, -0.25) is 4.79 Å². The minimum absolute atomic E-state index is 0.128. The number of rotatable bonds is 3. The number of carbonyl (C=O) groups is 1. The summed E-state index contributed by atoms with van der Waals surface area (Å²) in [6.07, 6.45) is -3.06. The fourth-order valence-corrected chi connectivity index (χ4v) is 2.28. The molecule has 0 fully saturated rings. The molecule has 1 unspecified atom stereocenters. The molecule has 120 valence electrons. The summed E-state index contributed by atoms with van der Waals surface area (Å²) in [6.45, 7) is 6.94. The topological polar surface area (TPSA) is 55.6 Å². The van der Waals surface area contributed by atoms with E-state index in [4.69, 9.17) is 10.5 Å². The first-order valence-corrected chi connectivity index (χ1v) is 6.66. The summed E-state index contributed by atoms with van der Waals surface area (Å²) in [7, 11) is 0. The first-order chi connectivity index (χ1) is 10.1. The second-order valence-corrected chi connectivity index (χ2v) is 5.56. The Labute approximate surface area is 126 Å². The van der Waals surface area contributed by atoms with Crippen molar-refractivity contribution in [2.75, 3.05) is 11.4 Å². The smallest absolute Gasteiger partial charge is 0.407 e. The van der Waals surface area contributed by atoms with Crippen LogP contribution in [0.25, 0.3) is 0 Å². The van der Waals surface area contributed by atoms with Crippen LogP contribution in [0.1, 0.15) is 25.5 Å². The Morgan fingerprint density at radius 1 is 1.45 bits per heavy atom. The standard InChI is InChI=1S/C15H17F3N2O2/c1-4-7-20-10-8-9(12(19)15(16,17)18)5-6-11(10)22-14(2,3)13(20)21/h4-6,8,12H,1,7,19H2,2-3H3. The number of carbonyl (C=O) groups excluding carboxylic acids is 1. The van der Waals surface area contributed by atoms with E-state index in [1.165, 1.54) is 29.2 Å². The normalized spacial score (nSPS) is 18.5. The van der Waals surface area contributed by atoms with Crippen molar-refractivity contribution in [1.29, 1.82) is 0 Å². The van der Waals surface area contributed by atoms with E-state index in [9.17, 15) is 18.0 Å². The van der Waals surface area contributed by atoms with Crippen molar-refractivity contribution >= 4 is 11.6 Å². The van der Waals surface area contributed by atoms with E-state index < -0.39 is 17.8 Å². The van der Waals surface area contributed by atoms with Crippen molar-refractivity contribution in [3.05, 3.63) is 36.4 Å². The van der Waals surface area contributed by atoms with Gasteiger partial charge in [-0.2, -0.15) is 13.2 Å². The van der Waals surface area contributed by atoms with Crippen LogP contribution in [-0.2, 0) is 4.79 Å². The molecule has 0 aromatic heterocycles. The maximum atomic E-state index is 12.8. The molecule has 0 bridgehead atoms. The molecular weight excluding hydrogens is 297 g/mol. The number of anilines is 1. The second kappa shape index (κ2) is 5.31. The third kappa shape index (κ3) is 2.81. The van der Waals surface area contributed by atoms with Crippen LogP contribution in [0.5, 0.6) is 5.75 Å². The fourth-order valence-electron chi connectivity index (χ4n) is 2.28. The third-order valence-corrected chi connectivity index (χ3v) is 3.42.